The maximum absolute atomic E-state index is 11.1. The first-order valence-corrected chi connectivity index (χ1v) is 15.3. The largest absolute Gasteiger partial charge is 0.394 e. The topological polar surface area (TPSA) is 247 Å². The lowest BCUT2D eigenvalue weighted by Crippen LogP contribution is -2.65. The molecule has 0 aromatic rings. The van der Waals surface area contributed by atoms with Crippen LogP contribution < -0.4 is 0 Å². The van der Waals surface area contributed by atoms with Gasteiger partial charge in [0.2, 0.25) is 0 Å². The molecule has 16 nitrogen and oxygen atoms in total. The summed E-state index contributed by atoms with van der Waals surface area (Å²) < 4.78 is 41.1. The normalized spacial score (nSPS) is 53.7. The van der Waals surface area contributed by atoms with Crippen molar-refractivity contribution < 1.29 is 79.1 Å². The van der Waals surface area contributed by atoms with Crippen molar-refractivity contribution in [3.63, 3.8) is 0 Å². The van der Waals surface area contributed by atoms with E-state index in [0.29, 0.717) is 19.3 Å². The van der Waals surface area contributed by atoms with Crippen molar-refractivity contribution in [2.24, 2.45) is 11.8 Å². The Morgan fingerprint density at radius 2 is 1.32 bits per heavy atom. The van der Waals surface area contributed by atoms with Crippen LogP contribution in [0.5, 0.6) is 0 Å². The Hall–Kier alpha value is -0.640. The van der Waals surface area contributed by atoms with Gasteiger partial charge in [0.05, 0.1) is 55.9 Å². The van der Waals surface area contributed by atoms with Crippen LogP contribution in [0.25, 0.3) is 0 Å². The van der Waals surface area contributed by atoms with E-state index in [4.69, 9.17) is 33.2 Å². The Kier molecular flexibility index (Phi) is 11.5. The van der Waals surface area contributed by atoms with E-state index in [2.05, 4.69) is 0 Å². The quantitative estimate of drug-likeness (QED) is 0.122. The summed E-state index contributed by atoms with van der Waals surface area (Å²) >= 11 is 0. The molecule has 5 fully saturated rings. The predicted octanol–water partition coefficient (Wildman–Crippen LogP) is -4.27. The van der Waals surface area contributed by atoms with E-state index in [1.807, 2.05) is 0 Å². The van der Waals surface area contributed by atoms with Gasteiger partial charge in [0.1, 0.15) is 48.8 Å². The molecule has 0 bridgehead atoms. The highest BCUT2D eigenvalue weighted by atomic mass is 16.8. The van der Waals surface area contributed by atoms with Crippen LogP contribution in [-0.2, 0) is 33.2 Å². The lowest BCUT2D eigenvalue weighted by molar-refractivity contribution is -0.371. The summed E-state index contributed by atoms with van der Waals surface area (Å²) in [5.41, 5.74) is 0. The summed E-state index contributed by atoms with van der Waals surface area (Å²) in [7, 11) is 2.97. The molecular weight excluding hydrogens is 592 g/mol. The number of fused-ring (bicyclic) bond motifs is 1. The Balaban J connectivity index is 1.42. The summed E-state index contributed by atoms with van der Waals surface area (Å²) in [5.74, 6) is -0.708. The minimum Gasteiger partial charge on any atom is -0.394 e. The van der Waals surface area contributed by atoms with Crippen molar-refractivity contribution in [1.82, 2.24) is 0 Å². The Labute approximate surface area is 255 Å². The zero-order valence-electron chi connectivity index (χ0n) is 24.8. The molecule has 3 saturated heterocycles. The van der Waals surface area contributed by atoms with Crippen molar-refractivity contribution in [3.05, 3.63) is 0 Å². The minimum absolute atomic E-state index is 0.156. The zero-order chi connectivity index (χ0) is 31.9. The van der Waals surface area contributed by atoms with Crippen LogP contribution in [0.2, 0.25) is 0 Å². The molecule has 256 valence electrons. The summed E-state index contributed by atoms with van der Waals surface area (Å²) in [6.45, 7) is -1.05. The second-order valence-electron chi connectivity index (χ2n) is 12.7. The number of aliphatic hydroxyl groups excluding tert-OH is 9. The van der Waals surface area contributed by atoms with Gasteiger partial charge in [0.25, 0.3) is 0 Å². The first kappa shape index (κ1) is 34.7. The maximum atomic E-state index is 11.1. The van der Waals surface area contributed by atoms with E-state index in [0.717, 1.165) is 0 Å². The highest BCUT2D eigenvalue weighted by Gasteiger charge is 2.54. The van der Waals surface area contributed by atoms with Gasteiger partial charge in [-0.25, -0.2) is 0 Å². The van der Waals surface area contributed by atoms with E-state index >= 15 is 0 Å². The number of hydrogen-bond donors (Lipinski definition) is 9. The molecule has 5 aliphatic rings. The SMILES string of the molecule is COC1CC(C2OC3CC(O)CC(O)C3CC2O[C@@H]2O[C@H](CO)[C@@H](O)[C@H](O)[C@H]2O[C@@H]2OC[C@@H](O)[C@H](O)[C@H]2O)CC(OC)C1O. The van der Waals surface area contributed by atoms with Crippen molar-refractivity contribution in [2.75, 3.05) is 27.4 Å². The molecule has 0 aromatic carbocycles. The molecule has 16 heteroatoms. The summed E-state index contributed by atoms with van der Waals surface area (Å²) in [6.07, 6.45) is -18.0. The molecule has 44 heavy (non-hydrogen) atoms. The van der Waals surface area contributed by atoms with Gasteiger partial charge in [-0.3, -0.25) is 0 Å². The van der Waals surface area contributed by atoms with E-state index in [1.165, 1.54) is 14.2 Å². The molecule has 0 amide bonds. The van der Waals surface area contributed by atoms with E-state index in [9.17, 15) is 46.0 Å². The van der Waals surface area contributed by atoms with Gasteiger partial charge in [-0.15, -0.1) is 0 Å². The van der Waals surface area contributed by atoms with Crippen molar-refractivity contribution in [3.8, 4) is 0 Å². The summed E-state index contributed by atoms with van der Waals surface area (Å²) in [4.78, 5) is 0. The van der Waals surface area contributed by atoms with Gasteiger partial charge in [0.15, 0.2) is 12.6 Å². The first-order valence-electron chi connectivity index (χ1n) is 15.3. The van der Waals surface area contributed by atoms with Crippen LogP contribution in [0.1, 0.15) is 32.1 Å². The van der Waals surface area contributed by atoms with Crippen molar-refractivity contribution in [2.45, 2.75) is 136 Å². The van der Waals surface area contributed by atoms with E-state index < -0.39 is 117 Å². The lowest BCUT2D eigenvalue weighted by Gasteiger charge is -2.52. The fourth-order valence-corrected chi connectivity index (χ4v) is 7.43. The molecule has 3 aliphatic heterocycles. The third-order valence-corrected chi connectivity index (χ3v) is 9.97. The molecule has 9 N–H and O–H groups in total. The number of rotatable bonds is 8. The lowest BCUT2D eigenvalue weighted by atomic mass is 9.72. The molecular formula is C28H48O16. The van der Waals surface area contributed by atoms with Gasteiger partial charge < -0.3 is 79.1 Å². The third-order valence-electron chi connectivity index (χ3n) is 9.97. The number of ether oxygens (including phenoxy) is 7. The average Bonchev–Trinajstić information content (AvgIpc) is 3.00. The van der Waals surface area contributed by atoms with E-state index in [-0.39, 0.29) is 25.4 Å². The zero-order valence-corrected chi connectivity index (χ0v) is 24.8. The smallest absolute Gasteiger partial charge is 0.187 e. The molecule has 5 rings (SSSR count). The second kappa shape index (κ2) is 14.6. The third kappa shape index (κ3) is 6.96. The highest BCUT2D eigenvalue weighted by Crippen LogP contribution is 2.44. The standard InChI is InChI=1S/C28H48O16/c1-38-16-3-10(4-17(39-2)21(16)34)25-18(7-12-13(31)5-11(30)6-15(12)41-25)42-28-26(23(36)22(35)19(8-29)43-28)44-27-24(37)20(33)14(32)9-40-27/h10-37H,3-9H2,1-2H3/t10?,11?,12?,13?,14-,15?,16?,17?,18?,19-,20+,21?,22-,23+,24-,25?,26-,27+,28-/m1/s1. The van der Waals surface area contributed by atoms with Crippen LogP contribution in [0, 0.1) is 11.8 Å². The second-order valence-corrected chi connectivity index (χ2v) is 12.7. The first-order chi connectivity index (χ1) is 21.0. The molecule has 2 aliphatic carbocycles. The molecule has 0 aromatic heterocycles. The van der Waals surface area contributed by atoms with Gasteiger partial charge >= 0.3 is 0 Å². The summed E-state index contributed by atoms with van der Waals surface area (Å²) in [5, 5.41) is 94.0. The van der Waals surface area contributed by atoms with Crippen LogP contribution >= 0.6 is 0 Å². The van der Waals surface area contributed by atoms with Gasteiger partial charge in [-0.2, -0.15) is 0 Å². The van der Waals surface area contributed by atoms with Crippen LogP contribution in [0.3, 0.4) is 0 Å². The molecule has 2 saturated carbocycles. The summed E-state index contributed by atoms with van der Waals surface area (Å²) in [6, 6.07) is 0. The van der Waals surface area contributed by atoms with Crippen molar-refractivity contribution >= 4 is 0 Å². The Morgan fingerprint density at radius 1 is 0.636 bits per heavy atom. The number of hydrogen-bond acceptors (Lipinski definition) is 16. The van der Waals surface area contributed by atoms with Crippen LogP contribution in [0.4, 0.5) is 0 Å². The predicted molar refractivity (Wildman–Crippen MR) is 144 cm³/mol. The average molecular weight is 641 g/mol. The van der Waals surface area contributed by atoms with Crippen molar-refractivity contribution in [1.29, 1.82) is 0 Å². The fraction of sp³-hybridized carbons (Fsp3) is 1.00. The van der Waals surface area contributed by atoms with Gasteiger partial charge in [-0.05, 0) is 38.0 Å². The van der Waals surface area contributed by atoms with Gasteiger partial charge in [0, 0.05) is 20.1 Å². The number of methoxy groups -OCH3 is 2. The fourth-order valence-electron chi connectivity index (χ4n) is 7.43. The molecule has 0 radical (unpaired) electrons. The Bertz CT molecular complexity index is 901. The Morgan fingerprint density at radius 3 is 1.95 bits per heavy atom. The van der Waals surface area contributed by atoms with E-state index in [1.54, 1.807) is 0 Å². The molecule has 0 spiro atoms. The van der Waals surface area contributed by atoms with Crippen LogP contribution in [0.15, 0.2) is 0 Å². The number of aliphatic hydroxyl groups is 9. The minimum atomic E-state index is -1.71. The molecule has 3 heterocycles. The molecule has 8 unspecified atom stereocenters. The highest BCUT2D eigenvalue weighted by molar-refractivity contribution is 5.01. The monoisotopic (exact) mass is 640 g/mol. The van der Waals surface area contributed by atoms with Crippen LogP contribution in [-0.4, -0.2) is 178 Å². The molecule has 17 atom stereocenters. The van der Waals surface area contributed by atoms with Gasteiger partial charge in [-0.1, -0.05) is 0 Å². The maximum Gasteiger partial charge on any atom is 0.187 e.